The van der Waals surface area contributed by atoms with E-state index < -0.39 is 21.7 Å². The van der Waals surface area contributed by atoms with Crippen molar-refractivity contribution in [2.45, 2.75) is 54.6 Å². The predicted octanol–water partition coefficient (Wildman–Crippen LogP) is 2.55. The van der Waals surface area contributed by atoms with Gasteiger partial charge in [-0.2, -0.15) is 0 Å². The molecular weight excluding hydrogens is 316 g/mol. The van der Waals surface area contributed by atoms with Gasteiger partial charge in [-0.1, -0.05) is 12.1 Å². The van der Waals surface area contributed by atoms with Crippen LogP contribution in [0.3, 0.4) is 0 Å². The molecule has 0 bridgehead atoms. The Morgan fingerprint density at radius 1 is 1.17 bits per heavy atom. The molecule has 1 aromatic rings. The standard InChI is InChI=1S/C17H20O5S/c18-13-4-1-11(9-13)10-16(17(19)20)12-2-5-14(6-3-12)23(21,22)15-7-8-15/h2-3,5-6,11,15-16H,1,4,7-10H2,(H,19,20)/t11-,16+/m0/s1. The van der Waals surface area contributed by atoms with Gasteiger partial charge in [0.1, 0.15) is 5.78 Å². The van der Waals surface area contributed by atoms with Crippen LogP contribution >= 0.6 is 0 Å². The van der Waals surface area contributed by atoms with Crippen molar-refractivity contribution < 1.29 is 23.1 Å². The van der Waals surface area contributed by atoms with Crippen molar-refractivity contribution in [3.63, 3.8) is 0 Å². The summed E-state index contributed by atoms with van der Waals surface area (Å²) in [5.41, 5.74) is 0.603. The minimum Gasteiger partial charge on any atom is -0.481 e. The molecule has 2 saturated carbocycles. The first kappa shape index (κ1) is 16.2. The fraction of sp³-hybridized carbons (Fsp3) is 0.529. The van der Waals surface area contributed by atoms with E-state index in [0.29, 0.717) is 37.7 Å². The molecule has 0 spiro atoms. The lowest BCUT2D eigenvalue weighted by Gasteiger charge is -2.17. The van der Waals surface area contributed by atoms with Crippen LogP contribution < -0.4 is 0 Å². The molecule has 2 aliphatic rings. The minimum atomic E-state index is -3.25. The zero-order valence-corrected chi connectivity index (χ0v) is 13.6. The Morgan fingerprint density at radius 2 is 1.83 bits per heavy atom. The topological polar surface area (TPSA) is 88.5 Å². The first-order valence-electron chi connectivity index (χ1n) is 7.96. The quantitative estimate of drug-likeness (QED) is 0.862. The van der Waals surface area contributed by atoms with Crippen LogP contribution in [0.1, 0.15) is 50.0 Å². The largest absolute Gasteiger partial charge is 0.481 e. The van der Waals surface area contributed by atoms with Crippen molar-refractivity contribution >= 4 is 21.6 Å². The summed E-state index contributed by atoms with van der Waals surface area (Å²) in [6, 6.07) is 6.23. The van der Waals surface area contributed by atoms with Gasteiger partial charge in [-0.05, 0) is 49.3 Å². The van der Waals surface area contributed by atoms with Crippen molar-refractivity contribution in [3.8, 4) is 0 Å². The van der Waals surface area contributed by atoms with E-state index in [-0.39, 0.29) is 21.8 Å². The maximum atomic E-state index is 12.2. The van der Waals surface area contributed by atoms with Gasteiger partial charge in [0.15, 0.2) is 9.84 Å². The summed E-state index contributed by atoms with van der Waals surface area (Å²) in [4.78, 5) is 23.2. The Balaban J connectivity index is 1.77. The van der Waals surface area contributed by atoms with Gasteiger partial charge in [0, 0.05) is 12.8 Å². The third kappa shape index (κ3) is 3.47. The van der Waals surface area contributed by atoms with E-state index in [2.05, 4.69) is 0 Å². The second kappa shape index (κ2) is 6.07. The van der Waals surface area contributed by atoms with Crippen LogP contribution in [0.2, 0.25) is 0 Å². The van der Waals surface area contributed by atoms with Gasteiger partial charge < -0.3 is 5.11 Å². The molecule has 0 radical (unpaired) electrons. The summed E-state index contributed by atoms with van der Waals surface area (Å²) in [5.74, 6) is -1.31. The number of carboxylic acids is 1. The molecule has 1 N–H and O–H groups in total. The summed E-state index contributed by atoms with van der Waals surface area (Å²) < 4.78 is 24.3. The number of ketones is 1. The number of benzene rings is 1. The molecule has 2 atom stereocenters. The third-order valence-corrected chi connectivity index (χ3v) is 7.07. The molecule has 5 nitrogen and oxygen atoms in total. The van der Waals surface area contributed by atoms with Crippen LogP contribution in [-0.2, 0) is 19.4 Å². The molecule has 2 fully saturated rings. The van der Waals surface area contributed by atoms with Gasteiger partial charge >= 0.3 is 5.97 Å². The normalized spacial score (nSPS) is 23.0. The van der Waals surface area contributed by atoms with Gasteiger partial charge in [-0.15, -0.1) is 0 Å². The first-order chi connectivity index (χ1) is 10.9. The van der Waals surface area contributed by atoms with Gasteiger partial charge in [0.2, 0.25) is 0 Å². The lowest BCUT2D eigenvalue weighted by molar-refractivity contribution is -0.139. The van der Waals surface area contributed by atoms with Crippen molar-refractivity contribution in [1.82, 2.24) is 0 Å². The van der Waals surface area contributed by atoms with E-state index in [1.165, 1.54) is 12.1 Å². The Morgan fingerprint density at radius 3 is 2.30 bits per heavy atom. The highest BCUT2D eigenvalue weighted by molar-refractivity contribution is 7.92. The SMILES string of the molecule is O=C1CC[C@H](C[C@@H](C(=O)O)c2ccc(S(=O)(=O)C3CC3)cc2)C1. The fourth-order valence-electron chi connectivity index (χ4n) is 3.27. The van der Waals surface area contributed by atoms with E-state index in [4.69, 9.17) is 0 Å². The molecule has 0 heterocycles. The maximum Gasteiger partial charge on any atom is 0.310 e. The molecule has 124 valence electrons. The molecule has 0 aliphatic heterocycles. The van der Waals surface area contributed by atoms with Gasteiger partial charge in [-0.3, -0.25) is 9.59 Å². The number of hydrogen-bond donors (Lipinski definition) is 1. The number of carbonyl (C=O) groups excluding carboxylic acids is 1. The van der Waals surface area contributed by atoms with E-state index in [1.807, 2.05) is 0 Å². The second-order valence-corrected chi connectivity index (χ2v) is 8.82. The van der Waals surface area contributed by atoms with Crippen LogP contribution in [0, 0.1) is 5.92 Å². The average molecular weight is 336 g/mol. The van der Waals surface area contributed by atoms with E-state index in [1.54, 1.807) is 12.1 Å². The molecular formula is C17H20O5S. The Kier molecular flexibility index (Phi) is 4.27. The van der Waals surface area contributed by atoms with Gasteiger partial charge in [-0.25, -0.2) is 8.42 Å². The smallest absolute Gasteiger partial charge is 0.310 e. The molecule has 0 amide bonds. The molecule has 0 saturated heterocycles. The van der Waals surface area contributed by atoms with Crippen LogP contribution in [0.15, 0.2) is 29.2 Å². The van der Waals surface area contributed by atoms with E-state index in [9.17, 15) is 23.1 Å². The lowest BCUT2D eigenvalue weighted by atomic mass is 9.88. The number of carbonyl (C=O) groups is 2. The van der Waals surface area contributed by atoms with Crippen molar-refractivity contribution in [2.24, 2.45) is 5.92 Å². The van der Waals surface area contributed by atoms with E-state index >= 15 is 0 Å². The lowest BCUT2D eigenvalue weighted by Crippen LogP contribution is -2.16. The number of sulfone groups is 1. The number of hydrogen-bond acceptors (Lipinski definition) is 4. The summed E-state index contributed by atoms with van der Waals surface area (Å²) in [5, 5.41) is 9.21. The van der Waals surface area contributed by atoms with Crippen molar-refractivity contribution in [1.29, 1.82) is 0 Å². The second-order valence-electron chi connectivity index (χ2n) is 6.59. The minimum absolute atomic E-state index is 0.110. The van der Waals surface area contributed by atoms with Crippen LogP contribution in [0.25, 0.3) is 0 Å². The monoisotopic (exact) mass is 336 g/mol. The molecule has 0 aromatic heterocycles. The highest BCUT2D eigenvalue weighted by Gasteiger charge is 2.37. The molecule has 1 aromatic carbocycles. The van der Waals surface area contributed by atoms with Crippen molar-refractivity contribution in [3.05, 3.63) is 29.8 Å². The molecule has 2 aliphatic carbocycles. The Bertz CT molecular complexity index is 716. The predicted molar refractivity (Wildman–Crippen MR) is 84.0 cm³/mol. The number of aliphatic carboxylic acids is 1. The molecule has 0 unspecified atom stereocenters. The average Bonchev–Trinajstić information content (AvgIpc) is 3.29. The van der Waals surface area contributed by atoms with E-state index in [0.717, 1.165) is 6.42 Å². The van der Waals surface area contributed by atoms with Crippen molar-refractivity contribution in [2.75, 3.05) is 0 Å². The maximum absolute atomic E-state index is 12.2. The number of carboxylic acid groups (broad SMARTS) is 1. The zero-order chi connectivity index (χ0) is 16.6. The number of Topliss-reactive ketones (excluding diaryl/α,β-unsaturated/α-hetero) is 1. The molecule has 6 heteroatoms. The Labute approximate surface area is 135 Å². The van der Waals surface area contributed by atoms with Crippen LogP contribution in [0.4, 0.5) is 0 Å². The highest BCUT2D eigenvalue weighted by atomic mass is 32.2. The summed E-state index contributed by atoms with van der Waals surface area (Å²) in [6.45, 7) is 0. The summed E-state index contributed by atoms with van der Waals surface area (Å²) in [6.07, 6.45) is 3.58. The zero-order valence-electron chi connectivity index (χ0n) is 12.8. The molecule has 23 heavy (non-hydrogen) atoms. The molecule has 3 rings (SSSR count). The Hall–Kier alpha value is -1.69. The summed E-state index contributed by atoms with van der Waals surface area (Å²) in [7, 11) is -3.25. The summed E-state index contributed by atoms with van der Waals surface area (Å²) >= 11 is 0. The van der Waals surface area contributed by atoms with Gasteiger partial charge in [0.05, 0.1) is 16.1 Å². The van der Waals surface area contributed by atoms with Gasteiger partial charge in [0.25, 0.3) is 0 Å². The first-order valence-corrected chi connectivity index (χ1v) is 9.51. The highest BCUT2D eigenvalue weighted by Crippen LogP contribution is 2.36. The van der Waals surface area contributed by atoms with Crippen LogP contribution in [-0.4, -0.2) is 30.5 Å². The van der Waals surface area contributed by atoms with Crippen LogP contribution in [0.5, 0.6) is 0 Å². The fourth-order valence-corrected chi connectivity index (χ4v) is 4.92. The number of rotatable bonds is 6. The third-order valence-electron chi connectivity index (χ3n) is 4.79.